The largest absolute Gasteiger partial charge is 0.465 e. The summed E-state index contributed by atoms with van der Waals surface area (Å²) in [6, 6.07) is 9.54. The van der Waals surface area contributed by atoms with E-state index in [0.717, 1.165) is 5.56 Å². The minimum atomic E-state index is -0.443. The number of carbonyl (C=O) groups excluding carboxylic acids is 1. The van der Waals surface area contributed by atoms with Crippen LogP contribution in [0.5, 0.6) is 0 Å². The predicted molar refractivity (Wildman–Crippen MR) is 90.3 cm³/mol. The van der Waals surface area contributed by atoms with Gasteiger partial charge in [0.05, 0.1) is 6.61 Å². The van der Waals surface area contributed by atoms with Gasteiger partial charge >= 0.3 is 5.97 Å². The van der Waals surface area contributed by atoms with Crippen LogP contribution in [0.15, 0.2) is 47.3 Å². The van der Waals surface area contributed by atoms with E-state index in [-0.39, 0.29) is 5.97 Å². The van der Waals surface area contributed by atoms with Crippen LogP contribution in [0.25, 0.3) is 0 Å². The first-order chi connectivity index (χ1) is 10.7. The van der Waals surface area contributed by atoms with Crippen LogP contribution >= 0.6 is 23.1 Å². The van der Waals surface area contributed by atoms with E-state index in [4.69, 9.17) is 4.74 Å². The Morgan fingerprint density at radius 1 is 1.45 bits per heavy atom. The molecule has 0 aliphatic rings. The first-order valence-corrected chi connectivity index (χ1v) is 8.50. The summed E-state index contributed by atoms with van der Waals surface area (Å²) in [5, 5.41) is 11.5. The summed E-state index contributed by atoms with van der Waals surface area (Å²) in [6.07, 6.45) is 1.75. The molecule has 7 heteroatoms. The highest BCUT2D eigenvalue weighted by atomic mass is 32.2. The van der Waals surface area contributed by atoms with Crippen LogP contribution in [0.3, 0.4) is 0 Å². The fourth-order valence-electron chi connectivity index (χ4n) is 1.69. The van der Waals surface area contributed by atoms with Crippen molar-refractivity contribution in [1.82, 2.24) is 10.2 Å². The molecular formula is C15H17N3O2S2. The number of nitrogens with zero attached hydrogens (tertiary/aromatic N) is 2. The summed E-state index contributed by atoms with van der Waals surface area (Å²) in [5.41, 5.74) is 0.891. The standard InChI is InChI=1S/C15H17N3O2S2/c1-3-10-16-14-17-18-15(22-14)21-12(13(19)20-4-2)11-8-6-5-7-9-11/h3,5-9,12H,1,4,10H2,2H3,(H,16,17)/t12-/m0/s1. The monoisotopic (exact) mass is 335 g/mol. The second-order valence-electron chi connectivity index (χ2n) is 4.20. The van der Waals surface area contributed by atoms with E-state index < -0.39 is 5.25 Å². The van der Waals surface area contributed by atoms with Crippen LogP contribution in [0.2, 0.25) is 0 Å². The second-order valence-corrected chi connectivity index (χ2v) is 6.53. The zero-order chi connectivity index (χ0) is 15.8. The number of aromatic nitrogens is 2. The Balaban J connectivity index is 2.14. The second kappa shape index (κ2) is 8.55. The van der Waals surface area contributed by atoms with Crippen molar-refractivity contribution in [1.29, 1.82) is 0 Å². The lowest BCUT2D eigenvalue weighted by molar-refractivity contribution is -0.142. The number of hydrogen-bond acceptors (Lipinski definition) is 7. The minimum Gasteiger partial charge on any atom is -0.465 e. The topological polar surface area (TPSA) is 64.1 Å². The van der Waals surface area contributed by atoms with E-state index in [1.807, 2.05) is 30.3 Å². The predicted octanol–water partition coefficient (Wildman–Crippen LogP) is 3.53. The van der Waals surface area contributed by atoms with Gasteiger partial charge in [-0.1, -0.05) is 59.5 Å². The maximum absolute atomic E-state index is 12.2. The molecule has 22 heavy (non-hydrogen) atoms. The average molecular weight is 335 g/mol. The fraction of sp³-hybridized carbons (Fsp3) is 0.267. The molecule has 0 spiro atoms. The number of hydrogen-bond donors (Lipinski definition) is 1. The van der Waals surface area contributed by atoms with E-state index >= 15 is 0 Å². The molecule has 0 unspecified atom stereocenters. The summed E-state index contributed by atoms with van der Waals surface area (Å²) < 4.78 is 5.89. The van der Waals surface area contributed by atoms with Crippen molar-refractivity contribution in [2.24, 2.45) is 0 Å². The molecule has 116 valence electrons. The number of ether oxygens (including phenoxy) is 1. The Hall–Kier alpha value is -1.86. The Bertz CT molecular complexity index is 616. The lowest BCUT2D eigenvalue weighted by Crippen LogP contribution is -2.13. The van der Waals surface area contributed by atoms with Gasteiger partial charge in [-0.15, -0.1) is 16.8 Å². The average Bonchev–Trinajstić information content (AvgIpc) is 2.99. The van der Waals surface area contributed by atoms with E-state index in [1.54, 1.807) is 13.0 Å². The third kappa shape index (κ3) is 4.57. The highest BCUT2D eigenvalue weighted by Crippen LogP contribution is 2.38. The zero-order valence-electron chi connectivity index (χ0n) is 12.2. The molecule has 0 saturated carbocycles. The quantitative estimate of drug-likeness (QED) is 0.452. The maximum Gasteiger partial charge on any atom is 0.324 e. The van der Waals surface area contributed by atoms with Crippen molar-refractivity contribution >= 4 is 34.2 Å². The highest BCUT2D eigenvalue weighted by molar-refractivity contribution is 8.01. The maximum atomic E-state index is 12.2. The fourth-order valence-corrected chi connectivity index (χ4v) is 3.64. The van der Waals surface area contributed by atoms with Gasteiger partial charge in [0.2, 0.25) is 5.13 Å². The van der Waals surface area contributed by atoms with E-state index in [2.05, 4.69) is 22.1 Å². The van der Waals surface area contributed by atoms with Crippen molar-refractivity contribution < 1.29 is 9.53 Å². The molecule has 0 saturated heterocycles. The lowest BCUT2D eigenvalue weighted by atomic mass is 10.1. The third-order valence-corrected chi connectivity index (χ3v) is 4.82. The van der Waals surface area contributed by atoms with Gasteiger partial charge in [0.1, 0.15) is 5.25 Å². The molecule has 0 radical (unpaired) electrons. The third-order valence-electron chi connectivity index (χ3n) is 2.63. The molecule has 1 N–H and O–H groups in total. The number of carbonyl (C=O) groups is 1. The Morgan fingerprint density at radius 2 is 2.23 bits per heavy atom. The first kappa shape index (κ1) is 16.5. The van der Waals surface area contributed by atoms with Gasteiger partial charge < -0.3 is 10.1 Å². The van der Waals surface area contributed by atoms with Crippen LogP contribution in [0.4, 0.5) is 5.13 Å². The zero-order valence-corrected chi connectivity index (χ0v) is 13.8. The number of thioether (sulfide) groups is 1. The molecule has 1 aromatic carbocycles. The SMILES string of the molecule is C=CCNc1nnc(S[C@H](C(=O)OCC)c2ccccc2)s1. The van der Waals surface area contributed by atoms with Gasteiger partial charge in [-0.05, 0) is 12.5 Å². The van der Waals surface area contributed by atoms with Gasteiger partial charge in [0.15, 0.2) is 4.34 Å². The van der Waals surface area contributed by atoms with Crippen molar-refractivity contribution in [3.63, 3.8) is 0 Å². The molecule has 0 amide bonds. The molecule has 5 nitrogen and oxygen atoms in total. The first-order valence-electron chi connectivity index (χ1n) is 6.81. The number of esters is 1. The van der Waals surface area contributed by atoms with Gasteiger partial charge in [0, 0.05) is 6.54 Å². The van der Waals surface area contributed by atoms with E-state index in [9.17, 15) is 4.79 Å². The number of anilines is 1. The minimum absolute atomic E-state index is 0.269. The molecule has 1 heterocycles. The summed E-state index contributed by atoms with van der Waals surface area (Å²) in [6.45, 7) is 6.42. The molecule has 1 atom stereocenters. The van der Waals surface area contributed by atoms with Crippen LogP contribution in [0.1, 0.15) is 17.7 Å². The van der Waals surface area contributed by atoms with Crippen LogP contribution in [-0.4, -0.2) is 29.3 Å². The molecule has 1 aromatic heterocycles. The molecule has 2 aromatic rings. The molecule has 0 bridgehead atoms. The van der Waals surface area contributed by atoms with Gasteiger partial charge in [0.25, 0.3) is 0 Å². The van der Waals surface area contributed by atoms with Crippen LogP contribution in [0, 0.1) is 0 Å². The number of benzene rings is 1. The molecule has 2 rings (SSSR count). The molecular weight excluding hydrogens is 318 g/mol. The normalized spacial score (nSPS) is 11.7. The van der Waals surface area contributed by atoms with Gasteiger partial charge in [-0.25, -0.2) is 0 Å². The number of nitrogens with one attached hydrogen (secondary N) is 1. The smallest absolute Gasteiger partial charge is 0.324 e. The summed E-state index contributed by atoms with van der Waals surface area (Å²) in [7, 11) is 0. The van der Waals surface area contributed by atoms with Gasteiger partial charge in [-0.3, -0.25) is 4.79 Å². The van der Waals surface area contributed by atoms with Crippen molar-refractivity contribution in [2.45, 2.75) is 16.5 Å². The summed E-state index contributed by atoms with van der Waals surface area (Å²) in [4.78, 5) is 12.2. The highest BCUT2D eigenvalue weighted by Gasteiger charge is 2.25. The number of rotatable bonds is 8. The van der Waals surface area contributed by atoms with Crippen LogP contribution in [-0.2, 0) is 9.53 Å². The van der Waals surface area contributed by atoms with Crippen molar-refractivity contribution in [3.05, 3.63) is 48.6 Å². The molecule has 0 aliphatic carbocycles. The molecule has 0 fully saturated rings. The van der Waals surface area contributed by atoms with E-state index in [1.165, 1.54) is 23.1 Å². The lowest BCUT2D eigenvalue weighted by Gasteiger charge is -2.13. The Labute approximate surface area is 137 Å². The van der Waals surface area contributed by atoms with Gasteiger partial charge in [-0.2, -0.15) is 0 Å². The summed E-state index contributed by atoms with van der Waals surface area (Å²) >= 11 is 2.75. The van der Waals surface area contributed by atoms with Crippen molar-refractivity contribution in [3.8, 4) is 0 Å². The van der Waals surface area contributed by atoms with E-state index in [0.29, 0.717) is 22.6 Å². The summed E-state index contributed by atoms with van der Waals surface area (Å²) in [5.74, 6) is -0.269. The Kier molecular flexibility index (Phi) is 6.42. The van der Waals surface area contributed by atoms with Crippen LogP contribution < -0.4 is 5.32 Å². The molecule has 0 aliphatic heterocycles. The Morgan fingerprint density at radius 3 is 2.91 bits per heavy atom. The van der Waals surface area contributed by atoms with Crippen molar-refractivity contribution in [2.75, 3.05) is 18.5 Å².